The van der Waals surface area contributed by atoms with Crippen LogP contribution >= 0.6 is 0 Å². The molecule has 0 aliphatic carbocycles. The maximum Gasteiger partial charge on any atom is 0.191 e. The van der Waals surface area contributed by atoms with Crippen molar-refractivity contribution in [3.8, 4) is 5.75 Å². The summed E-state index contributed by atoms with van der Waals surface area (Å²) in [6.07, 6.45) is 0.868. The third-order valence-electron chi connectivity index (χ3n) is 4.40. The molecule has 0 unspecified atom stereocenters. The lowest BCUT2D eigenvalue weighted by Crippen LogP contribution is -2.37. The van der Waals surface area contributed by atoms with E-state index in [4.69, 9.17) is 9.47 Å². The van der Waals surface area contributed by atoms with Gasteiger partial charge in [0, 0.05) is 39.5 Å². The summed E-state index contributed by atoms with van der Waals surface area (Å²) in [5.74, 6) is 1.71. The quantitative estimate of drug-likeness (QED) is 0.334. The summed E-state index contributed by atoms with van der Waals surface area (Å²) in [7, 11) is 5.20. The second-order valence-corrected chi connectivity index (χ2v) is 6.53. The van der Waals surface area contributed by atoms with E-state index in [1.807, 2.05) is 6.07 Å². The minimum Gasteiger partial charge on any atom is -0.496 e. The number of guanidine groups is 1. The van der Waals surface area contributed by atoms with Crippen LogP contribution in [-0.2, 0) is 17.7 Å². The van der Waals surface area contributed by atoms with Gasteiger partial charge in [-0.1, -0.05) is 29.8 Å². The van der Waals surface area contributed by atoms with Gasteiger partial charge < -0.3 is 25.4 Å². The molecule has 28 heavy (non-hydrogen) atoms. The Balaban J connectivity index is 1.78. The van der Waals surface area contributed by atoms with Gasteiger partial charge in [-0.25, -0.2) is 0 Å². The molecular formula is C22H32N4O2. The van der Waals surface area contributed by atoms with Gasteiger partial charge in [0.1, 0.15) is 5.75 Å². The Hall–Kier alpha value is -2.73. The van der Waals surface area contributed by atoms with Crippen molar-refractivity contribution in [1.29, 1.82) is 0 Å². The zero-order valence-corrected chi connectivity index (χ0v) is 17.3. The van der Waals surface area contributed by atoms with Crippen LogP contribution in [0.15, 0.2) is 47.5 Å². The molecule has 0 heterocycles. The highest BCUT2D eigenvalue weighted by molar-refractivity contribution is 5.79. The molecule has 0 aliphatic heterocycles. The number of anilines is 1. The van der Waals surface area contributed by atoms with Gasteiger partial charge in [0.2, 0.25) is 0 Å². The summed E-state index contributed by atoms with van der Waals surface area (Å²) in [5, 5.41) is 10.0. The first-order chi connectivity index (χ1) is 13.7. The third-order valence-corrected chi connectivity index (χ3v) is 4.40. The van der Waals surface area contributed by atoms with Crippen LogP contribution in [0, 0.1) is 6.92 Å². The number of ether oxygens (including phenoxy) is 2. The summed E-state index contributed by atoms with van der Waals surface area (Å²) < 4.78 is 10.5. The number of methoxy groups -OCH3 is 2. The zero-order chi connectivity index (χ0) is 20.2. The first-order valence-electron chi connectivity index (χ1n) is 9.56. The molecule has 0 atom stereocenters. The van der Waals surface area contributed by atoms with Crippen molar-refractivity contribution in [3.05, 3.63) is 59.2 Å². The van der Waals surface area contributed by atoms with Gasteiger partial charge in [-0.05, 0) is 42.7 Å². The molecule has 6 nitrogen and oxygen atoms in total. The first kappa shape index (κ1) is 21.6. The number of hydrogen-bond donors (Lipinski definition) is 3. The molecular weight excluding hydrogens is 352 g/mol. The molecule has 0 saturated heterocycles. The maximum atomic E-state index is 5.44. The van der Waals surface area contributed by atoms with Crippen molar-refractivity contribution in [2.45, 2.75) is 19.9 Å². The van der Waals surface area contributed by atoms with Gasteiger partial charge in [0.25, 0.3) is 0 Å². The molecule has 6 heteroatoms. The lowest BCUT2D eigenvalue weighted by atomic mass is 10.1. The van der Waals surface area contributed by atoms with Crippen LogP contribution in [0.1, 0.15) is 16.7 Å². The van der Waals surface area contributed by atoms with E-state index in [0.717, 1.165) is 36.9 Å². The second-order valence-electron chi connectivity index (χ2n) is 6.53. The number of benzene rings is 2. The van der Waals surface area contributed by atoms with Crippen LogP contribution in [0.2, 0.25) is 0 Å². The van der Waals surface area contributed by atoms with Gasteiger partial charge in [-0.3, -0.25) is 4.99 Å². The summed E-state index contributed by atoms with van der Waals surface area (Å²) in [4.78, 5) is 4.30. The van der Waals surface area contributed by atoms with E-state index >= 15 is 0 Å². The van der Waals surface area contributed by atoms with E-state index in [-0.39, 0.29) is 0 Å². The van der Waals surface area contributed by atoms with Crippen molar-refractivity contribution in [2.24, 2.45) is 4.99 Å². The monoisotopic (exact) mass is 384 g/mol. The smallest absolute Gasteiger partial charge is 0.191 e. The number of nitrogens with one attached hydrogen (secondary N) is 3. The molecule has 152 valence electrons. The molecule has 0 aliphatic rings. The Bertz CT molecular complexity index is 745. The average molecular weight is 385 g/mol. The molecule has 0 radical (unpaired) electrons. The van der Waals surface area contributed by atoms with Gasteiger partial charge >= 0.3 is 0 Å². The molecule has 2 aromatic carbocycles. The molecule has 2 aromatic rings. The average Bonchev–Trinajstić information content (AvgIpc) is 2.72. The Morgan fingerprint density at radius 1 is 1.00 bits per heavy atom. The fraction of sp³-hybridized carbons (Fsp3) is 0.409. The standard InChI is InChI=1S/C22H32N4O2/c1-17-5-10-21(28-4)19(15-17)11-12-25-22(23-2)26-16-18-6-8-20(9-7-18)24-13-14-27-3/h5-10,15,24H,11-14,16H2,1-4H3,(H2,23,25,26). The molecule has 0 fully saturated rings. The molecule has 0 aromatic heterocycles. The number of aliphatic imine (C=N–C) groups is 1. The van der Waals surface area contributed by atoms with Crippen molar-refractivity contribution in [2.75, 3.05) is 46.3 Å². The molecule has 0 bridgehead atoms. The van der Waals surface area contributed by atoms with Crippen LogP contribution in [-0.4, -0.2) is 46.9 Å². The Kier molecular flexibility index (Phi) is 9.15. The Morgan fingerprint density at radius 2 is 1.79 bits per heavy atom. The Morgan fingerprint density at radius 3 is 2.46 bits per heavy atom. The van der Waals surface area contributed by atoms with Crippen molar-refractivity contribution < 1.29 is 9.47 Å². The predicted octanol–water partition coefficient (Wildman–Crippen LogP) is 2.97. The second kappa shape index (κ2) is 11.9. The number of aryl methyl sites for hydroxylation is 1. The zero-order valence-electron chi connectivity index (χ0n) is 17.3. The number of hydrogen-bond acceptors (Lipinski definition) is 4. The van der Waals surface area contributed by atoms with Crippen LogP contribution in [0.25, 0.3) is 0 Å². The van der Waals surface area contributed by atoms with Crippen molar-refractivity contribution in [1.82, 2.24) is 10.6 Å². The van der Waals surface area contributed by atoms with E-state index in [9.17, 15) is 0 Å². The van der Waals surface area contributed by atoms with Crippen molar-refractivity contribution in [3.63, 3.8) is 0 Å². The van der Waals surface area contributed by atoms with Gasteiger partial charge in [-0.15, -0.1) is 0 Å². The fourth-order valence-corrected chi connectivity index (χ4v) is 2.86. The predicted molar refractivity (Wildman–Crippen MR) is 116 cm³/mol. The van der Waals surface area contributed by atoms with Crippen LogP contribution in [0.3, 0.4) is 0 Å². The van der Waals surface area contributed by atoms with Crippen LogP contribution in [0.5, 0.6) is 5.75 Å². The summed E-state index contributed by atoms with van der Waals surface area (Å²) >= 11 is 0. The SMILES string of the molecule is CN=C(NCCc1cc(C)ccc1OC)NCc1ccc(NCCOC)cc1. The highest BCUT2D eigenvalue weighted by Gasteiger charge is 2.04. The first-order valence-corrected chi connectivity index (χ1v) is 9.56. The summed E-state index contributed by atoms with van der Waals surface area (Å²) in [5.41, 5.74) is 4.72. The van der Waals surface area contributed by atoms with E-state index in [1.54, 1.807) is 21.3 Å². The highest BCUT2D eigenvalue weighted by atomic mass is 16.5. The highest BCUT2D eigenvalue weighted by Crippen LogP contribution is 2.19. The summed E-state index contributed by atoms with van der Waals surface area (Å²) in [6.45, 7) is 5.08. The van der Waals surface area contributed by atoms with Crippen LogP contribution < -0.4 is 20.7 Å². The largest absolute Gasteiger partial charge is 0.496 e. The van der Waals surface area contributed by atoms with Crippen molar-refractivity contribution >= 4 is 11.6 Å². The lowest BCUT2D eigenvalue weighted by Gasteiger charge is -2.14. The van der Waals surface area contributed by atoms with E-state index in [2.05, 4.69) is 64.3 Å². The minimum absolute atomic E-state index is 0.694. The normalized spacial score (nSPS) is 11.2. The van der Waals surface area contributed by atoms with Gasteiger partial charge in [-0.2, -0.15) is 0 Å². The lowest BCUT2D eigenvalue weighted by molar-refractivity contribution is 0.211. The van der Waals surface area contributed by atoms with E-state index in [1.165, 1.54) is 16.7 Å². The van der Waals surface area contributed by atoms with Crippen LogP contribution in [0.4, 0.5) is 5.69 Å². The van der Waals surface area contributed by atoms with Gasteiger partial charge in [0.15, 0.2) is 5.96 Å². The topological polar surface area (TPSA) is 66.9 Å². The van der Waals surface area contributed by atoms with E-state index in [0.29, 0.717) is 13.2 Å². The number of rotatable bonds is 10. The summed E-state index contributed by atoms with van der Waals surface area (Å²) in [6, 6.07) is 14.6. The molecule has 0 saturated carbocycles. The Labute approximate surface area is 168 Å². The van der Waals surface area contributed by atoms with E-state index < -0.39 is 0 Å². The third kappa shape index (κ3) is 7.12. The molecule has 2 rings (SSSR count). The maximum absolute atomic E-state index is 5.44. The molecule has 0 spiro atoms. The molecule has 0 amide bonds. The fourth-order valence-electron chi connectivity index (χ4n) is 2.86. The van der Waals surface area contributed by atoms with Gasteiger partial charge in [0.05, 0.1) is 13.7 Å². The minimum atomic E-state index is 0.694. The molecule has 3 N–H and O–H groups in total. The number of nitrogens with zero attached hydrogens (tertiary/aromatic N) is 1.